The van der Waals surface area contributed by atoms with Gasteiger partial charge in [0.05, 0.1) is 13.7 Å². The molecule has 1 N–H and O–H groups in total. The fourth-order valence-corrected chi connectivity index (χ4v) is 4.39. The second-order valence-corrected chi connectivity index (χ2v) is 9.88. The molecule has 5 heteroatoms. The first-order valence-electron chi connectivity index (χ1n) is 10.8. The smallest absolute Gasteiger partial charge is 0.224 e. The average molecular weight is 461 g/mol. The summed E-state index contributed by atoms with van der Waals surface area (Å²) in [5.74, 6) is 1.89. The number of benzene rings is 2. The number of hydrogen-bond donors (Lipinski definition) is 1. The molecule has 1 radical (unpaired) electrons. The molecule has 4 nitrogen and oxygen atoms in total. The molecule has 2 aromatic carbocycles. The summed E-state index contributed by atoms with van der Waals surface area (Å²) < 4.78 is 11.8. The Labute approximate surface area is 235 Å². The second kappa shape index (κ2) is 10.4. The molecule has 0 spiro atoms. The van der Waals surface area contributed by atoms with Crippen molar-refractivity contribution in [2.24, 2.45) is 5.41 Å². The first-order chi connectivity index (χ1) is 14.4. The number of carbonyl (C=O) groups is 1. The fourth-order valence-electron chi connectivity index (χ4n) is 4.39. The van der Waals surface area contributed by atoms with Crippen molar-refractivity contribution in [2.45, 2.75) is 60.8 Å². The van der Waals surface area contributed by atoms with Gasteiger partial charge in [0.15, 0.2) is 0 Å². The van der Waals surface area contributed by atoms with Gasteiger partial charge in [-0.2, -0.15) is 0 Å². The van der Waals surface area contributed by atoms with Gasteiger partial charge >= 0.3 is 0 Å². The van der Waals surface area contributed by atoms with Crippen LogP contribution in [0.2, 0.25) is 0 Å². The summed E-state index contributed by atoms with van der Waals surface area (Å²) in [6, 6.07) is 6.28. The zero-order valence-corrected chi connectivity index (χ0v) is 24.3. The van der Waals surface area contributed by atoms with Crippen LogP contribution in [0, 0.1) is 26.2 Å². The molecule has 2 aromatic rings. The number of rotatable bonds is 5. The summed E-state index contributed by atoms with van der Waals surface area (Å²) in [4.78, 5) is 12.7. The fraction of sp³-hybridized carbons (Fsp3) is 0.444. The van der Waals surface area contributed by atoms with Gasteiger partial charge in [-0.1, -0.05) is 39.5 Å². The van der Waals surface area contributed by atoms with E-state index >= 15 is 0 Å². The second-order valence-electron chi connectivity index (χ2n) is 9.88. The molecule has 1 amide bonds. The van der Waals surface area contributed by atoms with Gasteiger partial charge in [0.25, 0.3) is 0 Å². The molecule has 1 aliphatic rings. The maximum atomic E-state index is 12.7. The van der Waals surface area contributed by atoms with Gasteiger partial charge in [-0.05, 0) is 67.0 Å². The van der Waals surface area contributed by atoms with E-state index in [1.54, 1.807) is 7.11 Å². The van der Waals surface area contributed by atoms with Gasteiger partial charge in [-0.3, -0.25) is 4.79 Å². The van der Waals surface area contributed by atoms with E-state index in [0.717, 1.165) is 56.1 Å². The van der Waals surface area contributed by atoms with E-state index in [4.69, 9.17) is 9.47 Å². The number of carbonyl (C=O) groups excluding carboxylic acids is 1. The summed E-state index contributed by atoms with van der Waals surface area (Å²) in [6.45, 7) is 19.0. The van der Waals surface area contributed by atoms with E-state index in [1.807, 2.05) is 6.92 Å². The van der Waals surface area contributed by atoms with Crippen LogP contribution in [0.5, 0.6) is 11.5 Å². The molecule has 0 saturated heterocycles. The van der Waals surface area contributed by atoms with E-state index in [-0.39, 0.29) is 68.6 Å². The topological polar surface area (TPSA) is 47.6 Å². The summed E-state index contributed by atoms with van der Waals surface area (Å²) in [5, 5.41) is 3.19. The molecule has 1 atom stereocenters. The molecule has 1 heterocycles. The average Bonchev–Trinajstić information content (AvgIpc) is 3.13. The molecule has 1 unspecified atom stereocenters. The Kier molecular flexibility index (Phi) is 8.85. The number of ether oxygens (including phenoxy) is 2. The maximum Gasteiger partial charge on any atom is 0.224 e. The molecule has 167 valence electrons. The van der Waals surface area contributed by atoms with Gasteiger partial charge in [0, 0.05) is 80.5 Å². The first-order valence-corrected chi connectivity index (χ1v) is 10.8. The number of amides is 1. The molecule has 32 heavy (non-hydrogen) atoms. The largest absolute Gasteiger partial charge is 0.496 e. The Morgan fingerprint density at radius 1 is 1.19 bits per heavy atom. The Balaban J connectivity index is 0.00000363. The van der Waals surface area contributed by atoms with E-state index in [1.165, 1.54) is 0 Å². The van der Waals surface area contributed by atoms with Gasteiger partial charge < -0.3 is 14.8 Å². The summed E-state index contributed by atoms with van der Waals surface area (Å²) in [6.07, 6.45) is 0.474. The first kappa shape index (κ1) is 27.1. The van der Waals surface area contributed by atoms with Crippen LogP contribution in [0.4, 0.5) is 5.69 Å². The van der Waals surface area contributed by atoms with E-state index in [2.05, 4.69) is 71.6 Å². The summed E-state index contributed by atoms with van der Waals surface area (Å²) in [7, 11) is 1.69. The molecule has 0 aliphatic carbocycles. The number of anilines is 1. The molecule has 0 aromatic heterocycles. The van der Waals surface area contributed by atoms with Gasteiger partial charge in [-0.15, -0.1) is 0 Å². The van der Waals surface area contributed by atoms with Crippen LogP contribution in [0.1, 0.15) is 73.4 Å². The number of allylic oxidation sites excluding steroid dienone is 1. The van der Waals surface area contributed by atoms with Crippen molar-refractivity contribution in [1.29, 1.82) is 0 Å². The van der Waals surface area contributed by atoms with Crippen molar-refractivity contribution in [2.75, 3.05) is 19.0 Å². The number of methoxy groups -OCH3 is 1. The SMILES string of the molecule is C=C(C)c1ccc(C2COc3c(C)c(C)c(NC(=O)CC(C)(C)C)c(C)c32)cc1OC.[K]. The molecule has 0 saturated carbocycles. The normalized spacial score (nSPS) is 14.8. The zero-order chi connectivity index (χ0) is 23.1. The van der Waals surface area contributed by atoms with Gasteiger partial charge in [0.1, 0.15) is 11.5 Å². The third-order valence-electron chi connectivity index (χ3n) is 6.09. The van der Waals surface area contributed by atoms with E-state index in [0.29, 0.717) is 13.0 Å². The number of nitrogens with one attached hydrogen (secondary N) is 1. The standard InChI is InChI=1S/C27H35NO3.K/c1-15(2)20-11-10-19(12-22(20)30-9)21-14-31-26-17(4)16(3)25(18(5)24(21)26)28-23(29)13-27(6,7)8;/h10-12,21H,1,13-14H2,2-9H3,(H,28,29);. The van der Waals surface area contributed by atoms with Crippen molar-refractivity contribution < 1.29 is 14.3 Å². The summed E-state index contributed by atoms with van der Waals surface area (Å²) in [5.41, 5.74) is 8.34. The third-order valence-corrected chi connectivity index (χ3v) is 6.09. The van der Waals surface area contributed by atoms with Crippen LogP contribution in [0.3, 0.4) is 0 Å². The number of hydrogen-bond acceptors (Lipinski definition) is 3. The quantitative estimate of drug-likeness (QED) is 0.543. The predicted molar refractivity (Wildman–Crippen MR) is 134 cm³/mol. The van der Waals surface area contributed by atoms with Crippen molar-refractivity contribution in [3.8, 4) is 11.5 Å². The Morgan fingerprint density at radius 3 is 2.41 bits per heavy atom. The van der Waals surface area contributed by atoms with E-state index in [9.17, 15) is 4.79 Å². The zero-order valence-electron chi connectivity index (χ0n) is 21.2. The van der Waals surface area contributed by atoms with Gasteiger partial charge in [-0.25, -0.2) is 0 Å². The van der Waals surface area contributed by atoms with Crippen molar-refractivity contribution in [3.63, 3.8) is 0 Å². The predicted octanol–water partition coefficient (Wildman–Crippen LogP) is 6.17. The van der Waals surface area contributed by atoms with Crippen LogP contribution < -0.4 is 14.8 Å². The van der Waals surface area contributed by atoms with Crippen LogP contribution in [0.15, 0.2) is 24.8 Å². The van der Waals surface area contributed by atoms with Crippen LogP contribution in [-0.4, -0.2) is 71.0 Å². The maximum absolute atomic E-state index is 12.7. The third kappa shape index (κ3) is 5.50. The molecule has 0 fully saturated rings. The molecular weight excluding hydrogens is 425 g/mol. The van der Waals surface area contributed by atoms with E-state index < -0.39 is 0 Å². The number of fused-ring (bicyclic) bond motifs is 1. The van der Waals surface area contributed by atoms with Gasteiger partial charge in [0.2, 0.25) is 5.91 Å². The van der Waals surface area contributed by atoms with Crippen LogP contribution >= 0.6 is 0 Å². The Morgan fingerprint density at radius 2 is 1.84 bits per heavy atom. The molecule has 1 aliphatic heterocycles. The molecular formula is C27H35KNO3. The summed E-state index contributed by atoms with van der Waals surface area (Å²) >= 11 is 0. The van der Waals surface area contributed by atoms with Crippen LogP contribution in [-0.2, 0) is 4.79 Å². The minimum atomic E-state index is -0.0646. The Hall–Kier alpha value is -1.11. The molecule has 0 bridgehead atoms. The van der Waals surface area contributed by atoms with Crippen molar-refractivity contribution >= 4 is 68.6 Å². The minimum absolute atomic E-state index is 0. The van der Waals surface area contributed by atoms with Crippen molar-refractivity contribution in [3.05, 3.63) is 58.2 Å². The Bertz CT molecular complexity index is 1050. The minimum Gasteiger partial charge on any atom is -0.496 e. The van der Waals surface area contributed by atoms with Crippen molar-refractivity contribution in [1.82, 2.24) is 0 Å². The molecule has 3 rings (SSSR count). The van der Waals surface area contributed by atoms with Crippen LogP contribution in [0.25, 0.3) is 5.57 Å². The monoisotopic (exact) mass is 460 g/mol.